The maximum Gasteiger partial charge on any atom is 0.287 e. The fraction of sp³-hybridized carbons (Fsp3) is 0.238. The molecule has 4 rings (SSSR count). The summed E-state index contributed by atoms with van der Waals surface area (Å²) in [5.41, 5.74) is 1.71. The molecular weight excluding hydrogens is 390 g/mol. The first-order chi connectivity index (χ1) is 13.7. The van der Waals surface area contributed by atoms with Crippen molar-refractivity contribution in [1.29, 1.82) is 0 Å². The largest absolute Gasteiger partial charge is 0.451 e. The number of imidazole rings is 1. The molecule has 3 aromatic heterocycles. The summed E-state index contributed by atoms with van der Waals surface area (Å²) in [5.74, 6) is 1.95. The fourth-order valence-corrected chi connectivity index (χ4v) is 4.90. The first kappa shape index (κ1) is 18.8. The van der Waals surface area contributed by atoms with Crippen LogP contribution in [0.4, 0.5) is 0 Å². The van der Waals surface area contributed by atoms with Crippen molar-refractivity contribution >= 4 is 40.0 Å². The molecule has 1 N–H and O–H groups in total. The lowest BCUT2D eigenvalue weighted by Crippen LogP contribution is -2.25. The number of amides is 1. The molecule has 144 valence electrons. The molecular formula is C21H21N3O2S2. The Balaban J connectivity index is 1.44. The minimum atomic E-state index is -0.152. The number of fused-ring (bicyclic) bond motifs is 1. The molecule has 0 saturated carbocycles. The summed E-state index contributed by atoms with van der Waals surface area (Å²) in [6.07, 6.45) is 4.58. The lowest BCUT2D eigenvalue weighted by atomic mass is 10.1. The molecule has 0 atom stereocenters. The molecule has 0 aliphatic rings. The van der Waals surface area contributed by atoms with Crippen LogP contribution in [0.2, 0.25) is 0 Å². The van der Waals surface area contributed by atoms with Crippen LogP contribution in [0.3, 0.4) is 0 Å². The number of thiophene rings is 1. The molecule has 0 spiro atoms. The van der Waals surface area contributed by atoms with Crippen molar-refractivity contribution in [2.45, 2.75) is 29.9 Å². The van der Waals surface area contributed by atoms with Crippen molar-refractivity contribution in [3.63, 3.8) is 0 Å². The Kier molecular flexibility index (Phi) is 5.83. The van der Waals surface area contributed by atoms with E-state index >= 15 is 0 Å². The van der Waals surface area contributed by atoms with Gasteiger partial charge in [0.1, 0.15) is 11.4 Å². The van der Waals surface area contributed by atoms with Gasteiger partial charge in [0.25, 0.3) is 5.91 Å². The molecule has 1 amide bonds. The van der Waals surface area contributed by atoms with Crippen molar-refractivity contribution in [3.05, 3.63) is 71.3 Å². The number of aromatic nitrogens is 2. The van der Waals surface area contributed by atoms with Crippen molar-refractivity contribution in [2.75, 3.05) is 6.54 Å². The van der Waals surface area contributed by atoms with Gasteiger partial charge in [0, 0.05) is 42.2 Å². The quantitative estimate of drug-likeness (QED) is 0.323. The molecule has 0 fully saturated rings. The molecule has 0 bridgehead atoms. The highest BCUT2D eigenvalue weighted by molar-refractivity contribution is 8.00. The standard InChI is InChI=1S/C21H21N3O2S2/c1-15-22-10-12-24(15)11-5-9-23-21(25)20-17(14-28-19-8-4-13-27-19)16-6-2-3-7-18(16)26-20/h2-4,6-8,10,12-13H,5,9,11,14H2,1H3,(H,23,25). The van der Waals surface area contributed by atoms with Gasteiger partial charge in [-0.05, 0) is 30.9 Å². The van der Waals surface area contributed by atoms with Gasteiger partial charge in [-0.1, -0.05) is 24.3 Å². The Morgan fingerprint density at radius 2 is 2.18 bits per heavy atom. The third-order valence-corrected chi connectivity index (χ3v) is 6.70. The van der Waals surface area contributed by atoms with E-state index in [-0.39, 0.29) is 5.91 Å². The van der Waals surface area contributed by atoms with E-state index in [2.05, 4.69) is 26.3 Å². The molecule has 0 aliphatic carbocycles. The second kappa shape index (κ2) is 8.67. The normalized spacial score (nSPS) is 11.2. The Labute approximate surface area is 171 Å². The number of carbonyl (C=O) groups excluding carboxylic acids is 1. The lowest BCUT2D eigenvalue weighted by Gasteiger charge is -2.07. The van der Waals surface area contributed by atoms with Crippen LogP contribution < -0.4 is 5.32 Å². The van der Waals surface area contributed by atoms with Crippen LogP contribution in [0.25, 0.3) is 11.0 Å². The highest BCUT2D eigenvalue weighted by Gasteiger charge is 2.20. The van der Waals surface area contributed by atoms with Gasteiger partial charge in [-0.25, -0.2) is 4.98 Å². The van der Waals surface area contributed by atoms with Gasteiger partial charge in [-0.15, -0.1) is 23.1 Å². The number of para-hydroxylation sites is 1. The topological polar surface area (TPSA) is 60.1 Å². The number of hydrogen-bond acceptors (Lipinski definition) is 5. The molecule has 5 nitrogen and oxygen atoms in total. The lowest BCUT2D eigenvalue weighted by molar-refractivity contribution is 0.0926. The minimum Gasteiger partial charge on any atom is -0.451 e. The Hall–Kier alpha value is -2.51. The summed E-state index contributed by atoms with van der Waals surface area (Å²) in [6, 6.07) is 12.0. The van der Waals surface area contributed by atoms with E-state index in [9.17, 15) is 4.79 Å². The first-order valence-electron chi connectivity index (χ1n) is 9.15. The first-order valence-corrected chi connectivity index (χ1v) is 11.0. The maximum atomic E-state index is 12.8. The molecule has 0 saturated heterocycles. The van der Waals surface area contributed by atoms with Crippen LogP contribution in [0, 0.1) is 6.92 Å². The van der Waals surface area contributed by atoms with Crippen LogP contribution in [0.15, 0.2) is 62.8 Å². The highest BCUT2D eigenvalue weighted by Crippen LogP contribution is 2.33. The number of thioether (sulfide) groups is 1. The Morgan fingerprint density at radius 3 is 2.96 bits per heavy atom. The number of nitrogens with one attached hydrogen (secondary N) is 1. The Morgan fingerprint density at radius 1 is 1.29 bits per heavy atom. The monoisotopic (exact) mass is 411 g/mol. The summed E-state index contributed by atoms with van der Waals surface area (Å²) in [5, 5.41) is 6.07. The van der Waals surface area contributed by atoms with Crippen LogP contribution in [0.5, 0.6) is 0 Å². The van der Waals surface area contributed by atoms with Crippen LogP contribution in [0.1, 0.15) is 28.4 Å². The minimum absolute atomic E-state index is 0.152. The smallest absolute Gasteiger partial charge is 0.287 e. The van der Waals surface area contributed by atoms with Gasteiger partial charge >= 0.3 is 0 Å². The fourth-order valence-electron chi connectivity index (χ4n) is 3.09. The van der Waals surface area contributed by atoms with E-state index in [1.165, 1.54) is 4.21 Å². The third kappa shape index (κ3) is 4.15. The van der Waals surface area contributed by atoms with E-state index < -0.39 is 0 Å². The maximum absolute atomic E-state index is 12.8. The second-order valence-corrected chi connectivity index (χ2v) is 8.63. The molecule has 0 aliphatic heterocycles. The summed E-state index contributed by atoms with van der Waals surface area (Å²) in [4.78, 5) is 17.0. The van der Waals surface area contributed by atoms with E-state index in [4.69, 9.17) is 4.42 Å². The van der Waals surface area contributed by atoms with E-state index in [0.717, 1.165) is 35.3 Å². The molecule has 0 radical (unpaired) electrons. The Bertz CT molecular complexity index is 1070. The SMILES string of the molecule is Cc1nccn1CCCNC(=O)c1oc2ccccc2c1CSc1cccs1. The predicted octanol–water partition coefficient (Wildman–Crippen LogP) is 5.11. The average molecular weight is 412 g/mol. The van der Waals surface area contributed by atoms with Gasteiger partial charge in [-0.2, -0.15) is 0 Å². The number of carbonyl (C=O) groups is 1. The number of benzene rings is 1. The summed E-state index contributed by atoms with van der Waals surface area (Å²) in [7, 11) is 0. The molecule has 1 aromatic carbocycles. The van der Waals surface area contributed by atoms with Gasteiger partial charge in [-0.3, -0.25) is 4.79 Å². The number of nitrogens with zero attached hydrogens (tertiary/aromatic N) is 2. The molecule has 28 heavy (non-hydrogen) atoms. The van der Waals surface area contributed by atoms with E-state index in [0.29, 0.717) is 18.1 Å². The summed E-state index contributed by atoms with van der Waals surface area (Å²) < 4.78 is 9.22. The van der Waals surface area contributed by atoms with Crippen molar-refractivity contribution in [3.8, 4) is 0 Å². The highest BCUT2D eigenvalue weighted by atomic mass is 32.2. The third-order valence-electron chi connectivity index (χ3n) is 4.54. The number of furan rings is 1. The molecule has 4 aromatic rings. The van der Waals surface area contributed by atoms with Gasteiger partial charge < -0.3 is 14.3 Å². The van der Waals surface area contributed by atoms with Crippen LogP contribution in [-0.4, -0.2) is 22.0 Å². The second-order valence-electron chi connectivity index (χ2n) is 6.40. The number of hydrogen-bond donors (Lipinski definition) is 1. The van der Waals surface area contributed by atoms with Crippen molar-refractivity contribution in [2.24, 2.45) is 0 Å². The number of aryl methyl sites for hydroxylation is 2. The number of rotatable bonds is 8. The predicted molar refractivity (Wildman–Crippen MR) is 114 cm³/mol. The molecule has 3 heterocycles. The summed E-state index contributed by atoms with van der Waals surface area (Å²) >= 11 is 3.43. The zero-order chi connectivity index (χ0) is 19.3. The van der Waals surface area contributed by atoms with Crippen molar-refractivity contribution < 1.29 is 9.21 Å². The molecule has 7 heteroatoms. The summed E-state index contributed by atoms with van der Waals surface area (Å²) in [6.45, 7) is 3.39. The van der Waals surface area contributed by atoms with Gasteiger partial charge in [0.05, 0.1) is 4.21 Å². The van der Waals surface area contributed by atoms with Crippen LogP contribution in [-0.2, 0) is 12.3 Å². The van der Waals surface area contributed by atoms with E-state index in [1.807, 2.05) is 43.5 Å². The van der Waals surface area contributed by atoms with Gasteiger partial charge in [0.2, 0.25) is 0 Å². The van der Waals surface area contributed by atoms with Crippen LogP contribution >= 0.6 is 23.1 Å². The van der Waals surface area contributed by atoms with E-state index in [1.54, 1.807) is 29.3 Å². The zero-order valence-corrected chi connectivity index (χ0v) is 17.2. The van der Waals surface area contributed by atoms with Crippen molar-refractivity contribution in [1.82, 2.24) is 14.9 Å². The zero-order valence-electron chi connectivity index (χ0n) is 15.6. The van der Waals surface area contributed by atoms with Gasteiger partial charge in [0.15, 0.2) is 5.76 Å². The molecule has 0 unspecified atom stereocenters. The average Bonchev–Trinajstić information content (AvgIpc) is 3.43.